The summed E-state index contributed by atoms with van der Waals surface area (Å²) in [7, 11) is 1.17. The van der Waals surface area contributed by atoms with Gasteiger partial charge in [-0.2, -0.15) is 0 Å². The molecule has 2 unspecified atom stereocenters. The molecule has 3 rings (SSSR count). The summed E-state index contributed by atoms with van der Waals surface area (Å²) in [6.07, 6.45) is -5.46. The van der Waals surface area contributed by atoms with E-state index in [1.54, 1.807) is 6.07 Å². The van der Waals surface area contributed by atoms with Gasteiger partial charge >= 0.3 is 12.3 Å². The van der Waals surface area contributed by atoms with Gasteiger partial charge in [-0.3, -0.25) is 4.79 Å². The quantitative estimate of drug-likeness (QED) is 0.539. The highest BCUT2D eigenvalue weighted by Gasteiger charge is 2.42. The summed E-state index contributed by atoms with van der Waals surface area (Å²) in [5.41, 5.74) is 0.0463. The molecule has 1 heterocycles. The molecule has 2 atom stereocenters. The second-order valence-electron chi connectivity index (χ2n) is 6.47. The Hall–Kier alpha value is -3.30. The van der Waals surface area contributed by atoms with E-state index in [9.17, 15) is 27.2 Å². The van der Waals surface area contributed by atoms with Gasteiger partial charge in [-0.15, -0.1) is 13.2 Å². The molecule has 2 aromatic carbocycles. The van der Waals surface area contributed by atoms with E-state index in [0.29, 0.717) is 0 Å². The minimum absolute atomic E-state index is 0.0194. The number of hydrogen-bond acceptors (Lipinski definition) is 5. The highest BCUT2D eigenvalue weighted by Crippen LogP contribution is 2.28. The molecule has 160 valence electrons. The predicted molar refractivity (Wildman–Crippen MR) is 95.4 cm³/mol. The lowest BCUT2D eigenvalue weighted by molar-refractivity contribution is -0.274. The first-order valence-corrected chi connectivity index (χ1v) is 8.83. The van der Waals surface area contributed by atoms with Crippen LogP contribution in [0.25, 0.3) is 0 Å². The van der Waals surface area contributed by atoms with E-state index in [1.165, 1.54) is 30.2 Å². The van der Waals surface area contributed by atoms with Crippen LogP contribution >= 0.6 is 0 Å². The number of likely N-dealkylation sites (tertiary alicyclic amines) is 1. The number of hydrogen-bond donors (Lipinski definition) is 0. The maximum atomic E-state index is 13.9. The third-order valence-corrected chi connectivity index (χ3v) is 4.46. The molecule has 6 nitrogen and oxygen atoms in total. The molecular weight excluding hydrogens is 410 g/mol. The third-order valence-electron chi connectivity index (χ3n) is 4.46. The Morgan fingerprint density at radius 1 is 1.07 bits per heavy atom. The van der Waals surface area contributed by atoms with Crippen molar-refractivity contribution in [1.29, 1.82) is 0 Å². The number of carbonyl (C=O) groups excluding carboxylic acids is 2. The van der Waals surface area contributed by atoms with Crippen molar-refractivity contribution >= 4 is 11.9 Å². The molecule has 10 heteroatoms. The zero-order chi connectivity index (χ0) is 21.9. The molecule has 0 saturated carbocycles. The maximum absolute atomic E-state index is 13.9. The lowest BCUT2D eigenvalue weighted by Gasteiger charge is -2.22. The maximum Gasteiger partial charge on any atom is 0.573 e. The van der Waals surface area contributed by atoms with E-state index >= 15 is 0 Å². The molecule has 0 bridgehead atoms. The topological polar surface area (TPSA) is 65.1 Å². The predicted octanol–water partition coefficient (Wildman–Crippen LogP) is 3.56. The third kappa shape index (κ3) is 5.00. The number of para-hydroxylation sites is 1. The lowest BCUT2D eigenvalue weighted by Crippen LogP contribution is -2.41. The number of nitrogens with zero attached hydrogens (tertiary/aromatic N) is 1. The van der Waals surface area contributed by atoms with Crippen LogP contribution in [0, 0.1) is 5.82 Å². The van der Waals surface area contributed by atoms with E-state index in [4.69, 9.17) is 9.47 Å². The highest BCUT2D eigenvalue weighted by atomic mass is 19.4. The van der Waals surface area contributed by atoms with Crippen LogP contribution in [0.15, 0.2) is 48.5 Å². The molecular formula is C20H17F4NO5. The largest absolute Gasteiger partial charge is 0.573 e. The van der Waals surface area contributed by atoms with Gasteiger partial charge in [-0.1, -0.05) is 12.1 Å². The van der Waals surface area contributed by atoms with Crippen molar-refractivity contribution in [3.63, 3.8) is 0 Å². The number of alkyl halides is 3. The number of carbonyl (C=O) groups is 2. The van der Waals surface area contributed by atoms with Crippen molar-refractivity contribution in [2.24, 2.45) is 0 Å². The Balaban J connectivity index is 1.77. The minimum Gasteiger partial charge on any atom is -0.485 e. The zero-order valence-electron chi connectivity index (χ0n) is 15.7. The Morgan fingerprint density at radius 2 is 1.73 bits per heavy atom. The summed E-state index contributed by atoms with van der Waals surface area (Å²) < 4.78 is 64.8. The van der Waals surface area contributed by atoms with Crippen LogP contribution in [0.4, 0.5) is 17.6 Å². The number of amides is 1. The lowest BCUT2D eigenvalue weighted by atomic mass is 10.1. The van der Waals surface area contributed by atoms with Crippen molar-refractivity contribution in [2.75, 3.05) is 13.7 Å². The molecule has 2 aromatic rings. The second-order valence-corrected chi connectivity index (χ2v) is 6.47. The van der Waals surface area contributed by atoms with E-state index in [2.05, 4.69) is 4.74 Å². The van der Waals surface area contributed by atoms with Crippen molar-refractivity contribution in [1.82, 2.24) is 4.90 Å². The van der Waals surface area contributed by atoms with E-state index < -0.39 is 42.0 Å². The summed E-state index contributed by atoms with van der Waals surface area (Å²) in [6.45, 7) is -0.0340. The smallest absolute Gasteiger partial charge is 0.485 e. The van der Waals surface area contributed by atoms with Gasteiger partial charge in [-0.05, 0) is 36.4 Å². The zero-order valence-corrected chi connectivity index (χ0v) is 15.7. The molecule has 0 spiro atoms. The van der Waals surface area contributed by atoms with Gasteiger partial charge in [0.25, 0.3) is 5.91 Å². The number of esters is 1. The summed E-state index contributed by atoms with van der Waals surface area (Å²) >= 11 is 0. The van der Waals surface area contributed by atoms with Gasteiger partial charge in [0.2, 0.25) is 0 Å². The molecule has 30 heavy (non-hydrogen) atoms. The van der Waals surface area contributed by atoms with E-state index in [1.807, 2.05) is 0 Å². The van der Waals surface area contributed by atoms with Crippen molar-refractivity contribution in [3.8, 4) is 11.5 Å². The fraction of sp³-hybridized carbons (Fsp3) is 0.300. The van der Waals surface area contributed by atoms with Crippen LogP contribution in [-0.2, 0) is 9.53 Å². The SMILES string of the molecule is COC(=O)C1CC(Oc2ccccc2F)CN1C(=O)c1ccc(OC(F)(F)F)cc1. The monoisotopic (exact) mass is 427 g/mol. The molecule has 1 amide bonds. The number of halogens is 4. The minimum atomic E-state index is -4.85. The van der Waals surface area contributed by atoms with Crippen LogP contribution in [0.3, 0.4) is 0 Å². The first-order chi connectivity index (χ1) is 14.2. The number of ether oxygens (including phenoxy) is 3. The van der Waals surface area contributed by atoms with Gasteiger partial charge in [0.15, 0.2) is 11.6 Å². The van der Waals surface area contributed by atoms with Gasteiger partial charge in [0, 0.05) is 12.0 Å². The average Bonchev–Trinajstić information content (AvgIpc) is 3.12. The normalized spacial score (nSPS) is 18.8. The number of rotatable bonds is 5. The summed E-state index contributed by atoms with van der Waals surface area (Å²) in [6, 6.07) is 9.04. The van der Waals surface area contributed by atoms with E-state index in [0.717, 1.165) is 24.3 Å². The summed E-state index contributed by atoms with van der Waals surface area (Å²) in [4.78, 5) is 26.2. The van der Waals surface area contributed by atoms with Crippen LogP contribution in [0.5, 0.6) is 11.5 Å². The first kappa shape index (κ1) is 21.4. The number of methoxy groups -OCH3 is 1. The van der Waals surface area contributed by atoms with Crippen LogP contribution < -0.4 is 9.47 Å². The fourth-order valence-corrected chi connectivity index (χ4v) is 3.15. The van der Waals surface area contributed by atoms with Crippen LogP contribution in [-0.4, -0.2) is 48.9 Å². The second kappa shape index (κ2) is 8.60. The molecule has 1 fully saturated rings. The molecule has 1 aliphatic heterocycles. The number of benzene rings is 2. The van der Waals surface area contributed by atoms with Crippen molar-refractivity contribution in [3.05, 3.63) is 59.9 Å². The summed E-state index contributed by atoms with van der Waals surface area (Å²) in [5.74, 6) is -2.37. The molecule has 1 saturated heterocycles. The van der Waals surface area contributed by atoms with Gasteiger partial charge in [-0.25, -0.2) is 9.18 Å². The Morgan fingerprint density at radius 3 is 2.33 bits per heavy atom. The van der Waals surface area contributed by atoms with E-state index in [-0.39, 0.29) is 24.3 Å². The Labute approximate surface area is 168 Å². The summed E-state index contributed by atoms with van der Waals surface area (Å²) in [5, 5.41) is 0. The van der Waals surface area contributed by atoms with Gasteiger partial charge in [0.05, 0.1) is 13.7 Å². The van der Waals surface area contributed by atoms with Crippen molar-refractivity contribution < 1.29 is 41.4 Å². The van der Waals surface area contributed by atoms with Crippen LogP contribution in [0.1, 0.15) is 16.8 Å². The highest BCUT2D eigenvalue weighted by molar-refractivity contribution is 5.97. The Bertz CT molecular complexity index is 916. The fourth-order valence-electron chi connectivity index (χ4n) is 3.15. The van der Waals surface area contributed by atoms with Gasteiger partial charge in [0.1, 0.15) is 17.9 Å². The Kier molecular flexibility index (Phi) is 6.14. The molecule has 0 aliphatic carbocycles. The van der Waals surface area contributed by atoms with Crippen molar-refractivity contribution in [2.45, 2.75) is 24.9 Å². The van der Waals surface area contributed by atoms with Crippen LogP contribution in [0.2, 0.25) is 0 Å². The first-order valence-electron chi connectivity index (χ1n) is 8.83. The average molecular weight is 427 g/mol. The molecule has 1 aliphatic rings. The molecule has 0 aromatic heterocycles. The molecule has 0 radical (unpaired) electrons. The standard InChI is InChI=1S/C20H17F4NO5/c1-28-19(27)16-10-14(29-17-5-3-2-4-15(17)21)11-25(16)18(26)12-6-8-13(9-7-12)30-20(22,23)24/h2-9,14,16H,10-11H2,1H3. The molecule has 0 N–H and O–H groups in total. The van der Waals surface area contributed by atoms with Gasteiger partial charge < -0.3 is 19.1 Å².